The Morgan fingerprint density at radius 3 is 2.17 bits per heavy atom. The largest absolute Gasteiger partial charge is 0.438 e. The van der Waals surface area contributed by atoms with Crippen LogP contribution in [0.15, 0.2) is 83.9 Å². The molecule has 0 aromatic heterocycles. The molecule has 0 bridgehead atoms. The van der Waals surface area contributed by atoms with Crippen molar-refractivity contribution in [1.29, 1.82) is 0 Å². The van der Waals surface area contributed by atoms with Crippen LogP contribution in [0, 0.1) is 0 Å². The summed E-state index contributed by atoms with van der Waals surface area (Å²) in [4.78, 5) is 4.64. The normalized spacial score (nSPS) is 16.2. The van der Waals surface area contributed by atoms with Crippen LogP contribution in [0.5, 0.6) is 0 Å². The standard InChI is InChI=1S/C21H14ClNO/c22-16-12-10-15(11-13-16)14-20-18-8-4-5-9-19(18)21(24-20)23-17-6-2-1-3-7-17/h1-14H/b20-14?,23-21-. The van der Waals surface area contributed by atoms with Gasteiger partial charge in [0, 0.05) is 16.1 Å². The van der Waals surface area contributed by atoms with E-state index in [4.69, 9.17) is 16.3 Å². The molecule has 3 heteroatoms. The van der Waals surface area contributed by atoms with Gasteiger partial charge < -0.3 is 4.74 Å². The van der Waals surface area contributed by atoms with Crippen LogP contribution in [0.2, 0.25) is 5.02 Å². The first-order valence-corrected chi connectivity index (χ1v) is 8.06. The summed E-state index contributed by atoms with van der Waals surface area (Å²) in [5, 5.41) is 0.719. The summed E-state index contributed by atoms with van der Waals surface area (Å²) in [5.74, 6) is 1.42. The maximum absolute atomic E-state index is 6.05. The first-order valence-electron chi connectivity index (χ1n) is 7.68. The molecular weight excluding hydrogens is 318 g/mol. The number of aliphatic imine (C=N–C) groups is 1. The molecule has 0 saturated carbocycles. The van der Waals surface area contributed by atoms with Gasteiger partial charge in [0.25, 0.3) is 0 Å². The molecule has 24 heavy (non-hydrogen) atoms. The first kappa shape index (κ1) is 14.7. The van der Waals surface area contributed by atoms with E-state index in [1.54, 1.807) is 0 Å². The van der Waals surface area contributed by atoms with Crippen molar-refractivity contribution in [2.24, 2.45) is 4.99 Å². The number of hydrogen-bond acceptors (Lipinski definition) is 2. The third-order valence-electron chi connectivity index (χ3n) is 3.78. The molecule has 0 atom stereocenters. The number of para-hydroxylation sites is 1. The van der Waals surface area contributed by atoms with E-state index in [0.717, 1.165) is 33.2 Å². The van der Waals surface area contributed by atoms with Gasteiger partial charge in [-0.1, -0.05) is 60.1 Å². The molecule has 2 nitrogen and oxygen atoms in total. The minimum atomic E-state index is 0.622. The molecule has 3 aromatic carbocycles. The highest BCUT2D eigenvalue weighted by Crippen LogP contribution is 2.33. The fourth-order valence-corrected chi connectivity index (χ4v) is 2.74. The lowest BCUT2D eigenvalue weighted by atomic mass is 10.1. The Hall–Kier alpha value is -2.84. The highest BCUT2D eigenvalue weighted by molar-refractivity contribution is 6.30. The van der Waals surface area contributed by atoms with Gasteiger partial charge in [-0.25, -0.2) is 4.99 Å². The van der Waals surface area contributed by atoms with Crippen molar-refractivity contribution in [3.05, 3.63) is 101 Å². The average molecular weight is 332 g/mol. The minimum Gasteiger partial charge on any atom is -0.438 e. The van der Waals surface area contributed by atoms with Gasteiger partial charge in [-0.2, -0.15) is 0 Å². The molecule has 0 radical (unpaired) electrons. The van der Waals surface area contributed by atoms with Crippen molar-refractivity contribution in [1.82, 2.24) is 0 Å². The molecule has 1 heterocycles. The SMILES string of the molecule is Clc1ccc(C=C2O/C(=N\c3ccccc3)c3ccccc32)cc1. The van der Waals surface area contributed by atoms with E-state index in [0.29, 0.717) is 5.90 Å². The molecule has 0 unspecified atom stereocenters. The van der Waals surface area contributed by atoms with Gasteiger partial charge in [0.2, 0.25) is 5.90 Å². The van der Waals surface area contributed by atoms with Crippen molar-refractivity contribution in [3.63, 3.8) is 0 Å². The lowest BCUT2D eigenvalue weighted by molar-refractivity contribution is 0.529. The van der Waals surface area contributed by atoms with E-state index >= 15 is 0 Å². The predicted octanol–water partition coefficient (Wildman–Crippen LogP) is 5.95. The molecule has 0 N–H and O–H groups in total. The third-order valence-corrected chi connectivity index (χ3v) is 4.04. The van der Waals surface area contributed by atoms with Gasteiger partial charge in [0.15, 0.2) is 0 Å². The predicted molar refractivity (Wildman–Crippen MR) is 99.5 cm³/mol. The summed E-state index contributed by atoms with van der Waals surface area (Å²) in [6.07, 6.45) is 2.00. The lowest BCUT2D eigenvalue weighted by Crippen LogP contribution is -1.95. The quantitative estimate of drug-likeness (QED) is 0.569. The highest BCUT2D eigenvalue weighted by atomic mass is 35.5. The number of ether oxygens (including phenoxy) is 1. The van der Waals surface area contributed by atoms with E-state index in [-0.39, 0.29) is 0 Å². The molecule has 3 aromatic rings. The Kier molecular flexibility index (Phi) is 3.89. The maximum atomic E-state index is 6.05. The molecule has 0 saturated heterocycles. The summed E-state index contributed by atoms with van der Waals surface area (Å²) in [6.45, 7) is 0. The van der Waals surface area contributed by atoms with Gasteiger partial charge in [-0.15, -0.1) is 0 Å². The van der Waals surface area contributed by atoms with Gasteiger partial charge in [-0.3, -0.25) is 0 Å². The number of fused-ring (bicyclic) bond motifs is 1. The van der Waals surface area contributed by atoms with Crippen LogP contribution in [0.1, 0.15) is 16.7 Å². The van der Waals surface area contributed by atoms with Gasteiger partial charge >= 0.3 is 0 Å². The Morgan fingerprint density at radius 1 is 0.750 bits per heavy atom. The van der Waals surface area contributed by atoms with E-state index in [2.05, 4.69) is 4.99 Å². The summed E-state index contributed by atoms with van der Waals surface area (Å²) in [7, 11) is 0. The second kappa shape index (κ2) is 6.34. The van der Waals surface area contributed by atoms with Crippen LogP contribution in [-0.2, 0) is 4.74 Å². The number of nitrogens with zero attached hydrogens (tertiary/aromatic N) is 1. The van der Waals surface area contributed by atoms with Gasteiger partial charge in [-0.05, 0) is 42.0 Å². The summed E-state index contributed by atoms with van der Waals surface area (Å²) >= 11 is 5.95. The van der Waals surface area contributed by atoms with Gasteiger partial charge in [0.1, 0.15) is 5.76 Å². The molecule has 0 spiro atoms. The molecule has 4 rings (SSSR count). The Balaban J connectivity index is 1.76. The minimum absolute atomic E-state index is 0.622. The summed E-state index contributed by atoms with van der Waals surface area (Å²) in [6, 6.07) is 25.6. The zero-order valence-electron chi connectivity index (χ0n) is 12.8. The first-order chi connectivity index (χ1) is 11.8. The lowest BCUT2D eigenvalue weighted by Gasteiger charge is -2.01. The highest BCUT2D eigenvalue weighted by Gasteiger charge is 2.24. The van der Waals surface area contributed by atoms with Crippen molar-refractivity contribution in [2.75, 3.05) is 0 Å². The zero-order valence-corrected chi connectivity index (χ0v) is 13.6. The van der Waals surface area contributed by atoms with Crippen LogP contribution < -0.4 is 0 Å². The fourth-order valence-electron chi connectivity index (χ4n) is 2.62. The van der Waals surface area contributed by atoms with E-state index in [9.17, 15) is 0 Å². The van der Waals surface area contributed by atoms with Crippen LogP contribution in [0.4, 0.5) is 5.69 Å². The molecule has 0 aliphatic carbocycles. The van der Waals surface area contributed by atoms with Crippen molar-refractivity contribution >= 4 is 35.0 Å². The van der Waals surface area contributed by atoms with Crippen LogP contribution in [0.25, 0.3) is 11.8 Å². The van der Waals surface area contributed by atoms with E-state index < -0.39 is 0 Å². The van der Waals surface area contributed by atoms with E-state index in [1.807, 2.05) is 84.9 Å². The molecule has 1 aliphatic heterocycles. The molecule has 0 amide bonds. The van der Waals surface area contributed by atoms with Crippen molar-refractivity contribution in [2.45, 2.75) is 0 Å². The monoisotopic (exact) mass is 331 g/mol. The Bertz CT molecular complexity index is 928. The number of hydrogen-bond donors (Lipinski definition) is 0. The second-order valence-corrected chi connectivity index (χ2v) is 5.90. The van der Waals surface area contributed by atoms with Crippen LogP contribution >= 0.6 is 11.6 Å². The van der Waals surface area contributed by atoms with Crippen LogP contribution in [-0.4, -0.2) is 5.90 Å². The number of rotatable bonds is 2. The van der Waals surface area contributed by atoms with Gasteiger partial charge in [0.05, 0.1) is 5.69 Å². The smallest absolute Gasteiger partial charge is 0.227 e. The average Bonchev–Trinajstić information content (AvgIpc) is 2.96. The zero-order chi connectivity index (χ0) is 16.4. The third kappa shape index (κ3) is 2.97. The second-order valence-electron chi connectivity index (χ2n) is 5.46. The molecular formula is C21H14ClNO. The fraction of sp³-hybridized carbons (Fsp3) is 0. The number of halogens is 1. The van der Waals surface area contributed by atoms with Crippen LogP contribution in [0.3, 0.4) is 0 Å². The topological polar surface area (TPSA) is 21.6 Å². The Morgan fingerprint density at radius 2 is 1.42 bits per heavy atom. The van der Waals surface area contributed by atoms with Crippen molar-refractivity contribution < 1.29 is 4.74 Å². The number of benzene rings is 3. The summed E-state index contributed by atoms with van der Waals surface area (Å²) < 4.78 is 6.05. The maximum Gasteiger partial charge on any atom is 0.227 e. The summed E-state index contributed by atoms with van der Waals surface area (Å²) in [5.41, 5.74) is 3.95. The van der Waals surface area contributed by atoms with E-state index in [1.165, 1.54) is 0 Å². The molecule has 0 fully saturated rings. The Labute approximate surface area is 145 Å². The van der Waals surface area contributed by atoms with Crippen molar-refractivity contribution in [3.8, 4) is 0 Å². The molecule has 116 valence electrons. The molecule has 1 aliphatic rings.